The van der Waals surface area contributed by atoms with Gasteiger partial charge in [0.1, 0.15) is 6.61 Å². The molecule has 1 aromatic heterocycles. The predicted molar refractivity (Wildman–Crippen MR) is 134 cm³/mol. The molecule has 0 fully saturated rings. The smallest absolute Gasteiger partial charge is 0.413 e. The fraction of sp³-hybridized carbons (Fsp3) is 0.308. The fourth-order valence-corrected chi connectivity index (χ4v) is 5.01. The second-order valence-corrected chi connectivity index (χ2v) is 9.71. The Hall–Kier alpha value is -3.72. The van der Waals surface area contributed by atoms with Crippen LogP contribution in [-0.4, -0.2) is 53.2 Å². The maximum absolute atomic E-state index is 12.4. The molecule has 0 bridgehead atoms. The molecular weight excluding hydrogens is 466 g/mol. The van der Waals surface area contributed by atoms with E-state index in [0.29, 0.717) is 11.6 Å². The number of aliphatic carboxylic acids is 1. The Balaban J connectivity index is 1.28. The van der Waals surface area contributed by atoms with Crippen LogP contribution < -0.4 is 5.32 Å². The molecule has 1 aliphatic rings. The number of nitrogens with zero attached hydrogens (tertiary/aromatic N) is 2. The molecule has 0 spiro atoms. The van der Waals surface area contributed by atoms with Crippen LogP contribution in [0.15, 0.2) is 54.7 Å². The molecule has 2 aromatic carbocycles. The predicted octanol–water partition coefficient (Wildman–Crippen LogP) is 4.62. The van der Waals surface area contributed by atoms with E-state index in [2.05, 4.69) is 34.6 Å². The molecule has 3 aromatic rings. The van der Waals surface area contributed by atoms with Crippen LogP contribution in [0.25, 0.3) is 11.1 Å². The second-order valence-electron chi connectivity index (χ2n) is 8.60. The largest absolute Gasteiger partial charge is 0.481 e. The molecule has 8 nitrogen and oxygen atoms in total. The first-order chi connectivity index (χ1) is 16.8. The van der Waals surface area contributed by atoms with E-state index in [4.69, 9.17) is 9.84 Å². The average Bonchev–Trinajstić information content (AvgIpc) is 3.43. The molecule has 1 unspecified atom stereocenters. The Labute approximate surface area is 207 Å². The number of thiazole rings is 1. The highest BCUT2D eigenvalue weighted by atomic mass is 32.1. The number of aromatic nitrogens is 1. The molecule has 0 saturated carbocycles. The lowest BCUT2D eigenvalue weighted by Gasteiger charge is -2.19. The van der Waals surface area contributed by atoms with Gasteiger partial charge in [-0.15, -0.1) is 11.3 Å². The average molecular weight is 494 g/mol. The van der Waals surface area contributed by atoms with Crippen LogP contribution in [0.4, 0.5) is 9.93 Å². The molecule has 9 heteroatoms. The normalized spacial score (nSPS) is 13.0. The van der Waals surface area contributed by atoms with Crippen molar-refractivity contribution in [2.24, 2.45) is 5.92 Å². The first kappa shape index (κ1) is 24.4. The number of hydrogen-bond donors (Lipinski definition) is 2. The number of anilines is 1. The van der Waals surface area contributed by atoms with Gasteiger partial charge in [-0.1, -0.05) is 55.5 Å². The third kappa shape index (κ3) is 5.68. The maximum atomic E-state index is 12.4. The van der Waals surface area contributed by atoms with Crippen molar-refractivity contribution >= 4 is 34.4 Å². The van der Waals surface area contributed by atoms with E-state index >= 15 is 0 Å². The summed E-state index contributed by atoms with van der Waals surface area (Å²) in [5, 5.41) is 12.1. The van der Waals surface area contributed by atoms with E-state index in [0.717, 1.165) is 16.0 Å². The minimum Gasteiger partial charge on any atom is -0.481 e. The molecule has 1 aliphatic carbocycles. The number of fused-ring (bicyclic) bond motifs is 3. The van der Waals surface area contributed by atoms with E-state index in [9.17, 15) is 14.4 Å². The van der Waals surface area contributed by atoms with Crippen LogP contribution in [0.5, 0.6) is 0 Å². The van der Waals surface area contributed by atoms with Crippen LogP contribution in [0.2, 0.25) is 0 Å². The van der Waals surface area contributed by atoms with Crippen LogP contribution in [0, 0.1) is 5.92 Å². The molecule has 0 aliphatic heterocycles. The zero-order valence-electron chi connectivity index (χ0n) is 19.6. The molecule has 0 radical (unpaired) electrons. The van der Waals surface area contributed by atoms with Gasteiger partial charge in [0.25, 0.3) is 0 Å². The van der Waals surface area contributed by atoms with Gasteiger partial charge in [0.2, 0.25) is 5.91 Å². The molecule has 2 N–H and O–H groups in total. The third-order valence-electron chi connectivity index (χ3n) is 6.09. The Kier molecular flexibility index (Phi) is 7.45. The van der Waals surface area contributed by atoms with Crippen LogP contribution >= 0.6 is 11.3 Å². The van der Waals surface area contributed by atoms with Crippen molar-refractivity contribution in [1.82, 2.24) is 9.88 Å². The number of carbonyl (C=O) groups is 3. The van der Waals surface area contributed by atoms with Crippen molar-refractivity contribution in [3.8, 4) is 11.1 Å². The van der Waals surface area contributed by atoms with Gasteiger partial charge in [0, 0.05) is 37.0 Å². The SMILES string of the molecule is CC(CN(C)C(=O)CCc1cnc(NC(=O)OCC2c3ccccc3-c3ccccc32)s1)C(=O)O. The van der Waals surface area contributed by atoms with E-state index < -0.39 is 18.0 Å². The number of carbonyl (C=O) groups excluding carboxylic acids is 2. The summed E-state index contributed by atoms with van der Waals surface area (Å²) in [7, 11) is 1.60. The first-order valence-electron chi connectivity index (χ1n) is 11.4. The van der Waals surface area contributed by atoms with Gasteiger partial charge in [0.05, 0.1) is 5.92 Å². The highest BCUT2D eigenvalue weighted by Crippen LogP contribution is 2.44. The molecule has 2 amide bonds. The number of ether oxygens (including phenoxy) is 1. The van der Waals surface area contributed by atoms with E-state index in [-0.39, 0.29) is 31.4 Å². The number of benzene rings is 2. The zero-order chi connectivity index (χ0) is 24.9. The van der Waals surface area contributed by atoms with Gasteiger partial charge in [-0.05, 0) is 28.7 Å². The van der Waals surface area contributed by atoms with E-state index in [1.807, 2.05) is 24.3 Å². The lowest BCUT2D eigenvalue weighted by atomic mass is 9.98. The molecule has 1 atom stereocenters. The van der Waals surface area contributed by atoms with Gasteiger partial charge in [-0.25, -0.2) is 9.78 Å². The quantitative estimate of drug-likeness (QED) is 0.450. The van der Waals surface area contributed by atoms with Gasteiger partial charge < -0.3 is 14.7 Å². The van der Waals surface area contributed by atoms with Crippen molar-refractivity contribution in [2.45, 2.75) is 25.7 Å². The van der Waals surface area contributed by atoms with Gasteiger partial charge in [-0.2, -0.15) is 0 Å². The molecule has 1 heterocycles. The second kappa shape index (κ2) is 10.7. The summed E-state index contributed by atoms with van der Waals surface area (Å²) in [6.07, 6.45) is 1.73. The highest BCUT2D eigenvalue weighted by molar-refractivity contribution is 7.15. The molecule has 0 saturated heterocycles. The van der Waals surface area contributed by atoms with E-state index in [1.54, 1.807) is 20.2 Å². The summed E-state index contributed by atoms with van der Waals surface area (Å²) >= 11 is 1.28. The van der Waals surface area contributed by atoms with Gasteiger partial charge in [0.15, 0.2) is 5.13 Å². The number of aryl methyl sites for hydroxylation is 1. The molecular formula is C26H27N3O5S. The third-order valence-corrected chi connectivity index (χ3v) is 7.06. The van der Waals surface area contributed by atoms with Crippen molar-refractivity contribution < 1.29 is 24.2 Å². The Bertz CT molecular complexity index is 1200. The minimum atomic E-state index is -0.934. The number of carboxylic acid groups (broad SMARTS) is 1. The Morgan fingerprint density at radius 2 is 1.74 bits per heavy atom. The van der Waals surface area contributed by atoms with E-state index in [1.165, 1.54) is 27.4 Å². The van der Waals surface area contributed by atoms with Gasteiger partial charge in [-0.3, -0.25) is 14.9 Å². The number of rotatable bonds is 9. The summed E-state index contributed by atoms with van der Waals surface area (Å²) in [6, 6.07) is 16.3. The maximum Gasteiger partial charge on any atom is 0.413 e. The number of hydrogen-bond acceptors (Lipinski definition) is 6. The minimum absolute atomic E-state index is 0.0214. The lowest BCUT2D eigenvalue weighted by Crippen LogP contribution is -2.33. The number of amides is 2. The molecule has 35 heavy (non-hydrogen) atoms. The van der Waals surface area contributed by atoms with Crippen molar-refractivity contribution in [1.29, 1.82) is 0 Å². The summed E-state index contributed by atoms with van der Waals surface area (Å²) in [6.45, 7) is 1.94. The van der Waals surface area contributed by atoms with Crippen LogP contribution in [0.3, 0.4) is 0 Å². The molecule has 182 valence electrons. The lowest BCUT2D eigenvalue weighted by molar-refractivity contribution is -0.142. The summed E-state index contributed by atoms with van der Waals surface area (Å²) in [5.74, 6) is -1.72. The Morgan fingerprint density at radius 3 is 2.37 bits per heavy atom. The Morgan fingerprint density at radius 1 is 1.11 bits per heavy atom. The monoisotopic (exact) mass is 493 g/mol. The van der Waals surface area contributed by atoms with Crippen molar-refractivity contribution in [3.05, 3.63) is 70.7 Å². The number of carboxylic acids is 1. The molecule has 4 rings (SSSR count). The standard InChI is InChI=1S/C26H27N3O5S/c1-16(24(31)32)14-29(2)23(30)12-11-17-13-27-25(35-17)28-26(33)34-15-22-20-9-5-3-7-18(20)19-8-4-6-10-21(19)22/h3-10,13,16,22H,11-12,14-15H2,1-2H3,(H,31,32)(H,27,28,33). The zero-order valence-corrected chi connectivity index (χ0v) is 20.4. The fourth-order valence-electron chi connectivity index (χ4n) is 4.21. The summed E-state index contributed by atoms with van der Waals surface area (Å²) in [4.78, 5) is 42.2. The van der Waals surface area contributed by atoms with Crippen LogP contribution in [-0.2, 0) is 20.7 Å². The van der Waals surface area contributed by atoms with Crippen molar-refractivity contribution in [3.63, 3.8) is 0 Å². The topological polar surface area (TPSA) is 109 Å². The van der Waals surface area contributed by atoms with Crippen LogP contribution in [0.1, 0.15) is 35.3 Å². The first-order valence-corrected chi connectivity index (χ1v) is 12.2. The summed E-state index contributed by atoms with van der Waals surface area (Å²) in [5.41, 5.74) is 4.62. The highest BCUT2D eigenvalue weighted by Gasteiger charge is 2.29. The van der Waals surface area contributed by atoms with Crippen molar-refractivity contribution in [2.75, 3.05) is 25.5 Å². The number of nitrogens with one attached hydrogen (secondary N) is 1. The van der Waals surface area contributed by atoms with Gasteiger partial charge >= 0.3 is 12.1 Å². The summed E-state index contributed by atoms with van der Waals surface area (Å²) < 4.78 is 5.55.